The molecule has 1 rings (SSSR count). The van der Waals surface area contributed by atoms with E-state index in [1.54, 1.807) is 0 Å². The summed E-state index contributed by atoms with van der Waals surface area (Å²) in [6.45, 7) is 11.6. The van der Waals surface area contributed by atoms with Crippen LogP contribution in [0.2, 0.25) is 25.7 Å². The zero-order valence-electron chi connectivity index (χ0n) is 9.96. The van der Waals surface area contributed by atoms with Gasteiger partial charge in [0, 0.05) is 19.5 Å². The third kappa shape index (κ3) is 3.62. The van der Waals surface area contributed by atoms with E-state index in [4.69, 9.17) is 0 Å². The first kappa shape index (κ1) is 11.4. The highest BCUT2D eigenvalue weighted by molar-refractivity contribution is 6.76. The van der Waals surface area contributed by atoms with Crippen molar-refractivity contribution < 1.29 is 0 Å². The van der Waals surface area contributed by atoms with Crippen molar-refractivity contribution in [2.24, 2.45) is 0 Å². The molecule has 0 aromatic carbocycles. The summed E-state index contributed by atoms with van der Waals surface area (Å²) in [5.74, 6) is 0.613. The Kier molecular flexibility index (Phi) is 3.48. The third-order valence-corrected chi connectivity index (χ3v) is 4.17. The van der Waals surface area contributed by atoms with E-state index in [0.717, 1.165) is 5.69 Å². The number of pyridine rings is 1. The Bertz CT molecular complexity index is 301. The maximum atomic E-state index is 4.58. The first-order valence-electron chi connectivity index (χ1n) is 5.32. The fraction of sp³-hybridized carbons (Fsp3) is 0.583. The number of aryl methyl sites for hydroxylation is 1. The van der Waals surface area contributed by atoms with Crippen LogP contribution in [0.25, 0.3) is 0 Å². The molecule has 0 amide bonds. The van der Waals surface area contributed by atoms with Gasteiger partial charge in [0.25, 0.3) is 0 Å². The largest absolute Gasteiger partial charge is 0.258 e. The van der Waals surface area contributed by atoms with Crippen LogP contribution in [0, 0.1) is 6.92 Å². The van der Waals surface area contributed by atoms with Crippen LogP contribution in [0.15, 0.2) is 18.2 Å². The molecule has 0 spiro atoms. The summed E-state index contributed by atoms with van der Waals surface area (Å²) in [4.78, 5) is 4.58. The fourth-order valence-corrected chi connectivity index (χ4v) is 3.91. The summed E-state index contributed by atoms with van der Waals surface area (Å²) in [7, 11) is -0.960. The summed E-state index contributed by atoms with van der Waals surface area (Å²) in [6, 6.07) is 7.64. The highest BCUT2D eigenvalue weighted by Crippen LogP contribution is 2.24. The first-order chi connectivity index (χ1) is 6.38. The molecule has 0 aliphatic heterocycles. The minimum absolute atomic E-state index is 0.613. The Morgan fingerprint density at radius 2 is 1.93 bits per heavy atom. The number of aromatic nitrogens is 1. The Labute approximate surface area is 88.6 Å². The quantitative estimate of drug-likeness (QED) is 0.686. The summed E-state index contributed by atoms with van der Waals surface area (Å²) in [5, 5.41) is 0. The molecule has 2 heteroatoms. The second-order valence-electron chi connectivity index (χ2n) is 5.37. The molecule has 0 N–H and O–H groups in total. The Morgan fingerprint density at radius 1 is 1.29 bits per heavy atom. The highest BCUT2D eigenvalue weighted by atomic mass is 28.3. The number of hydrogen-bond acceptors (Lipinski definition) is 1. The van der Waals surface area contributed by atoms with Crippen molar-refractivity contribution in [1.82, 2.24) is 4.98 Å². The average molecular weight is 207 g/mol. The van der Waals surface area contributed by atoms with Gasteiger partial charge >= 0.3 is 0 Å². The van der Waals surface area contributed by atoms with Gasteiger partial charge in [-0.3, -0.25) is 4.98 Å². The third-order valence-electron chi connectivity index (χ3n) is 2.33. The fourth-order valence-electron chi connectivity index (χ4n) is 1.86. The lowest BCUT2D eigenvalue weighted by atomic mass is 10.1. The number of hydrogen-bond donors (Lipinski definition) is 0. The van der Waals surface area contributed by atoms with E-state index in [2.05, 4.69) is 56.7 Å². The molecule has 1 heterocycles. The molecule has 0 saturated carbocycles. The zero-order valence-corrected chi connectivity index (χ0v) is 11.0. The first-order valence-corrected chi connectivity index (χ1v) is 9.03. The van der Waals surface area contributed by atoms with E-state index in [-0.39, 0.29) is 0 Å². The summed E-state index contributed by atoms with van der Waals surface area (Å²) >= 11 is 0. The van der Waals surface area contributed by atoms with Gasteiger partial charge in [-0.05, 0) is 31.0 Å². The smallest absolute Gasteiger partial charge is 0.0449 e. The van der Waals surface area contributed by atoms with Gasteiger partial charge in [0.05, 0.1) is 0 Å². The van der Waals surface area contributed by atoms with Crippen LogP contribution in [0.3, 0.4) is 0 Å². The zero-order chi connectivity index (χ0) is 10.8. The predicted octanol–water partition coefficient (Wildman–Crippen LogP) is 3.83. The lowest BCUT2D eigenvalue weighted by Gasteiger charge is -2.21. The Morgan fingerprint density at radius 3 is 2.43 bits per heavy atom. The van der Waals surface area contributed by atoms with Crippen LogP contribution >= 0.6 is 0 Å². The highest BCUT2D eigenvalue weighted by Gasteiger charge is 2.19. The van der Waals surface area contributed by atoms with E-state index in [0.29, 0.717) is 5.92 Å². The van der Waals surface area contributed by atoms with Crippen LogP contribution in [-0.2, 0) is 0 Å². The van der Waals surface area contributed by atoms with Gasteiger partial charge in [-0.25, -0.2) is 0 Å². The molecule has 1 nitrogen and oxygen atoms in total. The van der Waals surface area contributed by atoms with Crippen molar-refractivity contribution in [2.75, 3.05) is 0 Å². The minimum Gasteiger partial charge on any atom is -0.258 e. The van der Waals surface area contributed by atoms with Gasteiger partial charge in [0.2, 0.25) is 0 Å². The van der Waals surface area contributed by atoms with Crippen molar-refractivity contribution in [3.63, 3.8) is 0 Å². The molecule has 0 bridgehead atoms. The van der Waals surface area contributed by atoms with Gasteiger partial charge in [-0.2, -0.15) is 0 Å². The standard InChI is InChI=1S/C12H21NSi/c1-10(9-14(3,4)5)12-8-6-7-11(2)13-12/h6-8,10H,9H2,1-5H3/t10-/m1/s1. The van der Waals surface area contributed by atoms with Crippen LogP contribution in [-0.4, -0.2) is 13.1 Å². The average Bonchev–Trinajstić information content (AvgIpc) is 2.01. The maximum Gasteiger partial charge on any atom is 0.0449 e. The molecular weight excluding hydrogens is 186 g/mol. The molecule has 1 atom stereocenters. The molecule has 0 radical (unpaired) electrons. The lowest BCUT2D eigenvalue weighted by molar-refractivity contribution is 0.799. The van der Waals surface area contributed by atoms with Crippen molar-refractivity contribution >= 4 is 8.07 Å². The summed E-state index contributed by atoms with van der Waals surface area (Å²) in [6.07, 6.45) is 0. The van der Waals surface area contributed by atoms with E-state index in [1.807, 2.05) is 0 Å². The minimum atomic E-state index is -0.960. The molecule has 78 valence electrons. The van der Waals surface area contributed by atoms with E-state index < -0.39 is 8.07 Å². The van der Waals surface area contributed by atoms with Crippen molar-refractivity contribution in [2.45, 2.75) is 45.5 Å². The number of rotatable bonds is 3. The molecule has 0 fully saturated rings. The molecule has 0 aliphatic carbocycles. The summed E-state index contributed by atoms with van der Waals surface area (Å²) < 4.78 is 0. The van der Waals surface area contributed by atoms with E-state index in [9.17, 15) is 0 Å². The normalized spacial score (nSPS) is 14.1. The summed E-state index contributed by atoms with van der Waals surface area (Å²) in [5.41, 5.74) is 2.39. The van der Waals surface area contributed by atoms with Crippen LogP contribution in [0.4, 0.5) is 0 Å². The molecule has 0 unspecified atom stereocenters. The van der Waals surface area contributed by atoms with Gasteiger partial charge < -0.3 is 0 Å². The Balaban J connectivity index is 2.74. The molecule has 0 aliphatic rings. The number of nitrogens with zero attached hydrogens (tertiary/aromatic N) is 1. The molecular formula is C12H21NSi. The monoisotopic (exact) mass is 207 g/mol. The molecule has 1 aromatic heterocycles. The van der Waals surface area contributed by atoms with Crippen LogP contribution in [0.5, 0.6) is 0 Å². The topological polar surface area (TPSA) is 12.9 Å². The van der Waals surface area contributed by atoms with E-state index >= 15 is 0 Å². The maximum absolute atomic E-state index is 4.58. The Hall–Kier alpha value is -0.633. The lowest BCUT2D eigenvalue weighted by Crippen LogP contribution is -2.22. The second kappa shape index (κ2) is 4.26. The molecule has 0 saturated heterocycles. The second-order valence-corrected chi connectivity index (χ2v) is 10.9. The van der Waals surface area contributed by atoms with Gasteiger partial charge in [-0.1, -0.05) is 32.6 Å². The van der Waals surface area contributed by atoms with Crippen LogP contribution < -0.4 is 0 Å². The van der Waals surface area contributed by atoms with Crippen LogP contribution in [0.1, 0.15) is 24.2 Å². The van der Waals surface area contributed by atoms with E-state index in [1.165, 1.54) is 11.7 Å². The molecule has 14 heavy (non-hydrogen) atoms. The SMILES string of the molecule is Cc1cccc([C@H](C)C[Si](C)(C)C)n1. The van der Waals surface area contributed by atoms with Gasteiger partial charge in [0.15, 0.2) is 0 Å². The van der Waals surface area contributed by atoms with Gasteiger partial charge in [-0.15, -0.1) is 0 Å². The van der Waals surface area contributed by atoms with Gasteiger partial charge in [0.1, 0.15) is 0 Å². The molecule has 1 aromatic rings. The van der Waals surface area contributed by atoms with Crippen molar-refractivity contribution in [3.8, 4) is 0 Å². The van der Waals surface area contributed by atoms with Crippen molar-refractivity contribution in [3.05, 3.63) is 29.6 Å². The predicted molar refractivity (Wildman–Crippen MR) is 65.5 cm³/mol. The van der Waals surface area contributed by atoms with Crippen molar-refractivity contribution in [1.29, 1.82) is 0 Å².